The molecule has 0 spiro atoms. The third-order valence-electron chi connectivity index (χ3n) is 1.43. The molecule has 2 nitrogen and oxygen atoms in total. The Morgan fingerprint density at radius 3 is 2.29 bits per heavy atom. The van der Waals surface area contributed by atoms with E-state index < -0.39 is 11.1 Å². The molecule has 2 unspecified atom stereocenters. The first-order chi connectivity index (χ1) is 6.23. The van der Waals surface area contributed by atoms with Crippen molar-refractivity contribution in [2.75, 3.05) is 6.26 Å². The summed E-state index contributed by atoms with van der Waals surface area (Å²) in [5.41, 5.74) is 0.637. The lowest BCUT2D eigenvalue weighted by molar-refractivity contribution is 0.154. The SMILES string of the molecule is C=C(C)C#CC(OS(C)=O)C(C)(C)C. The van der Waals surface area contributed by atoms with Gasteiger partial charge in [-0.15, -0.1) is 0 Å². The first-order valence-electron chi connectivity index (χ1n) is 4.41. The van der Waals surface area contributed by atoms with Crippen LogP contribution in [-0.4, -0.2) is 16.6 Å². The van der Waals surface area contributed by atoms with Crippen LogP contribution in [0, 0.1) is 17.3 Å². The smallest absolute Gasteiger partial charge is 0.153 e. The summed E-state index contributed by atoms with van der Waals surface area (Å²) in [4.78, 5) is 0. The molecule has 0 aliphatic rings. The summed E-state index contributed by atoms with van der Waals surface area (Å²) in [6.07, 6.45) is 1.17. The summed E-state index contributed by atoms with van der Waals surface area (Å²) in [6, 6.07) is 0. The third kappa shape index (κ3) is 5.95. The number of hydrogen-bond acceptors (Lipinski definition) is 2. The normalized spacial score (nSPS) is 15.2. The second kappa shape index (κ2) is 5.33. The van der Waals surface area contributed by atoms with Gasteiger partial charge in [0.2, 0.25) is 0 Å². The quantitative estimate of drug-likeness (QED) is 0.659. The maximum absolute atomic E-state index is 10.9. The molecule has 14 heavy (non-hydrogen) atoms. The monoisotopic (exact) mass is 214 g/mol. The van der Waals surface area contributed by atoms with E-state index in [9.17, 15) is 4.21 Å². The highest BCUT2D eigenvalue weighted by Gasteiger charge is 2.24. The van der Waals surface area contributed by atoms with E-state index in [1.807, 2.05) is 27.7 Å². The minimum atomic E-state index is -1.29. The highest BCUT2D eigenvalue weighted by molar-refractivity contribution is 7.79. The lowest BCUT2D eigenvalue weighted by Gasteiger charge is -2.24. The van der Waals surface area contributed by atoms with Crippen LogP contribution >= 0.6 is 0 Å². The Morgan fingerprint density at radius 2 is 2.00 bits per heavy atom. The predicted molar refractivity (Wildman–Crippen MR) is 61.0 cm³/mol. The fourth-order valence-corrected chi connectivity index (χ4v) is 1.32. The predicted octanol–water partition coefficient (Wildman–Crippen LogP) is 2.29. The summed E-state index contributed by atoms with van der Waals surface area (Å²) >= 11 is -1.29. The molecule has 0 aliphatic heterocycles. The molecule has 0 aromatic heterocycles. The lowest BCUT2D eigenvalue weighted by atomic mass is 9.89. The van der Waals surface area contributed by atoms with E-state index >= 15 is 0 Å². The van der Waals surface area contributed by atoms with Gasteiger partial charge in [0.25, 0.3) is 0 Å². The van der Waals surface area contributed by atoms with E-state index in [1.165, 1.54) is 6.26 Å². The van der Waals surface area contributed by atoms with Gasteiger partial charge in [0, 0.05) is 11.7 Å². The fourth-order valence-electron chi connectivity index (χ4n) is 0.709. The average Bonchev–Trinajstić information content (AvgIpc) is 1.94. The third-order valence-corrected chi connectivity index (χ3v) is 1.90. The standard InChI is InChI=1S/C11H18O2S/c1-9(2)7-8-10(11(3,4)5)13-14(6)12/h10H,1H2,2-6H3. The van der Waals surface area contributed by atoms with Crippen molar-refractivity contribution >= 4 is 11.1 Å². The Morgan fingerprint density at radius 1 is 1.50 bits per heavy atom. The molecule has 0 fully saturated rings. The summed E-state index contributed by atoms with van der Waals surface area (Å²) in [6.45, 7) is 11.5. The summed E-state index contributed by atoms with van der Waals surface area (Å²) in [5, 5.41) is 0. The Bertz CT molecular complexity index is 289. The van der Waals surface area contributed by atoms with E-state index in [-0.39, 0.29) is 11.5 Å². The van der Waals surface area contributed by atoms with Gasteiger partial charge in [-0.2, -0.15) is 0 Å². The molecule has 0 heterocycles. The maximum atomic E-state index is 10.9. The average molecular weight is 214 g/mol. The van der Waals surface area contributed by atoms with E-state index in [0.29, 0.717) is 0 Å². The van der Waals surface area contributed by atoms with E-state index in [1.54, 1.807) is 0 Å². The van der Waals surface area contributed by atoms with Gasteiger partial charge in [-0.25, -0.2) is 4.21 Å². The second-order valence-electron chi connectivity index (χ2n) is 4.29. The molecule has 0 aliphatic carbocycles. The number of allylic oxidation sites excluding steroid dienone is 1. The van der Waals surface area contributed by atoms with Gasteiger partial charge in [0.1, 0.15) is 6.10 Å². The number of rotatable bonds is 2. The highest BCUT2D eigenvalue weighted by Crippen LogP contribution is 2.22. The van der Waals surface area contributed by atoms with Crippen molar-refractivity contribution < 1.29 is 8.39 Å². The Kier molecular flexibility index (Phi) is 5.11. The minimum Gasteiger partial charge on any atom is -0.274 e. The van der Waals surface area contributed by atoms with E-state index in [0.717, 1.165) is 5.57 Å². The second-order valence-corrected chi connectivity index (χ2v) is 5.29. The maximum Gasteiger partial charge on any atom is 0.153 e. The van der Waals surface area contributed by atoms with Crippen LogP contribution in [0.15, 0.2) is 12.2 Å². The van der Waals surface area contributed by atoms with Crippen molar-refractivity contribution in [1.82, 2.24) is 0 Å². The molecule has 0 N–H and O–H groups in total. The molecular weight excluding hydrogens is 196 g/mol. The van der Waals surface area contributed by atoms with Crippen LogP contribution in [0.1, 0.15) is 27.7 Å². The Labute approximate surface area is 89.4 Å². The van der Waals surface area contributed by atoms with Gasteiger partial charge >= 0.3 is 0 Å². The van der Waals surface area contributed by atoms with Crippen molar-refractivity contribution in [2.24, 2.45) is 5.41 Å². The van der Waals surface area contributed by atoms with Gasteiger partial charge in [-0.1, -0.05) is 39.2 Å². The van der Waals surface area contributed by atoms with Crippen molar-refractivity contribution in [3.8, 4) is 11.8 Å². The molecule has 0 radical (unpaired) electrons. The minimum absolute atomic E-state index is 0.145. The number of hydrogen-bond donors (Lipinski definition) is 0. The molecule has 0 saturated heterocycles. The molecule has 0 rings (SSSR count). The molecule has 3 heteroatoms. The first kappa shape index (κ1) is 13.4. The summed E-state index contributed by atoms with van der Waals surface area (Å²) < 4.78 is 16.2. The van der Waals surface area contributed by atoms with Crippen LogP contribution in [0.3, 0.4) is 0 Å². The molecule has 0 saturated carbocycles. The molecule has 0 aromatic rings. The van der Waals surface area contributed by atoms with Crippen molar-refractivity contribution in [2.45, 2.75) is 33.8 Å². The summed E-state index contributed by atoms with van der Waals surface area (Å²) in [5.74, 6) is 5.78. The van der Waals surface area contributed by atoms with Crippen LogP contribution in [-0.2, 0) is 15.3 Å². The fraction of sp³-hybridized carbons (Fsp3) is 0.636. The van der Waals surface area contributed by atoms with Crippen LogP contribution in [0.2, 0.25) is 0 Å². The molecular formula is C11H18O2S. The summed E-state index contributed by atoms with van der Waals surface area (Å²) in [7, 11) is 0. The van der Waals surface area contributed by atoms with Crippen LogP contribution in [0.5, 0.6) is 0 Å². The van der Waals surface area contributed by atoms with E-state index in [2.05, 4.69) is 18.4 Å². The van der Waals surface area contributed by atoms with Crippen molar-refractivity contribution in [3.63, 3.8) is 0 Å². The topological polar surface area (TPSA) is 26.3 Å². The zero-order valence-electron chi connectivity index (χ0n) is 9.51. The van der Waals surface area contributed by atoms with Gasteiger partial charge in [0.05, 0.1) is 0 Å². The highest BCUT2D eigenvalue weighted by atomic mass is 32.2. The van der Waals surface area contributed by atoms with Gasteiger partial charge < -0.3 is 0 Å². The largest absolute Gasteiger partial charge is 0.274 e. The first-order valence-corrected chi connectivity index (χ1v) is 5.89. The van der Waals surface area contributed by atoms with Crippen LogP contribution in [0.4, 0.5) is 0 Å². The lowest BCUT2D eigenvalue weighted by Crippen LogP contribution is -2.28. The van der Waals surface area contributed by atoms with Gasteiger partial charge in [0.15, 0.2) is 11.1 Å². The zero-order chi connectivity index (χ0) is 11.4. The van der Waals surface area contributed by atoms with Crippen molar-refractivity contribution in [1.29, 1.82) is 0 Å². The van der Waals surface area contributed by atoms with Crippen LogP contribution < -0.4 is 0 Å². The van der Waals surface area contributed by atoms with Crippen LogP contribution in [0.25, 0.3) is 0 Å². The Balaban J connectivity index is 4.68. The zero-order valence-corrected chi connectivity index (χ0v) is 10.3. The molecule has 0 amide bonds. The Hall–Kier alpha value is -0.590. The molecule has 80 valence electrons. The van der Waals surface area contributed by atoms with Crippen molar-refractivity contribution in [3.05, 3.63) is 12.2 Å². The van der Waals surface area contributed by atoms with Gasteiger partial charge in [-0.05, 0) is 12.5 Å². The van der Waals surface area contributed by atoms with E-state index in [4.69, 9.17) is 4.18 Å². The van der Waals surface area contributed by atoms with Gasteiger partial charge in [-0.3, -0.25) is 4.18 Å². The molecule has 0 aromatic carbocycles. The molecule has 2 atom stereocenters. The molecule has 0 bridgehead atoms.